The monoisotopic (exact) mass is 198 g/mol. The molecule has 1 fully saturated rings. The predicted octanol–water partition coefficient (Wildman–Crippen LogP) is 2.11. The number of hydrogen-bond donors (Lipinski definition) is 1. The Labute approximate surface area is 89.1 Å². The normalized spacial score (nSPS) is 24.2. The highest BCUT2D eigenvalue weighted by atomic mass is 15.1. The number of rotatable bonds is 4. The minimum absolute atomic E-state index is 0.737. The molecule has 1 aliphatic heterocycles. The Morgan fingerprint density at radius 2 is 2.07 bits per heavy atom. The Morgan fingerprint density at radius 1 is 1.29 bits per heavy atom. The van der Waals surface area contributed by atoms with E-state index in [0.29, 0.717) is 0 Å². The first-order chi connectivity index (χ1) is 6.68. The zero-order valence-electron chi connectivity index (χ0n) is 10.1. The second kappa shape index (κ2) is 6.41. The molecular weight excluding hydrogens is 172 g/mol. The highest BCUT2D eigenvalue weighted by molar-refractivity contribution is 4.74. The molecule has 0 bridgehead atoms. The summed E-state index contributed by atoms with van der Waals surface area (Å²) in [5.74, 6) is 0.783. The van der Waals surface area contributed by atoms with E-state index in [2.05, 4.69) is 31.1 Å². The Bertz CT molecular complexity index is 137. The van der Waals surface area contributed by atoms with Gasteiger partial charge in [0, 0.05) is 19.1 Å². The highest BCUT2D eigenvalue weighted by Crippen LogP contribution is 2.09. The van der Waals surface area contributed by atoms with Crippen LogP contribution in [0.25, 0.3) is 0 Å². The molecule has 0 aromatic heterocycles. The summed E-state index contributed by atoms with van der Waals surface area (Å²) in [7, 11) is 2.24. The molecule has 1 unspecified atom stereocenters. The molecule has 0 aromatic rings. The third kappa shape index (κ3) is 4.97. The average Bonchev–Trinajstić information content (AvgIpc) is 2.31. The molecule has 0 aromatic carbocycles. The lowest BCUT2D eigenvalue weighted by Crippen LogP contribution is -2.40. The van der Waals surface area contributed by atoms with E-state index in [0.717, 1.165) is 12.0 Å². The molecule has 1 atom stereocenters. The largest absolute Gasteiger partial charge is 0.313 e. The van der Waals surface area contributed by atoms with E-state index >= 15 is 0 Å². The van der Waals surface area contributed by atoms with Gasteiger partial charge >= 0.3 is 0 Å². The molecule has 1 saturated heterocycles. The molecule has 0 spiro atoms. The predicted molar refractivity (Wildman–Crippen MR) is 62.6 cm³/mol. The minimum atomic E-state index is 0.737. The number of nitrogens with one attached hydrogen (secondary N) is 1. The van der Waals surface area contributed by atoms with Gasteiger partial charge in [-0.15, -0.1) is 0 Å². The minimum Gasteiger partial charge on any atom is -0.313 e. The lowest BCUT2D eigenvalue weighted by atomic mass is 10.1. The zero-order chi connectivity index (χ0) is 10.4. The SMILES string of the molecule is CC(C)CN(C)CC1CCCCCN1. The van der Waals surface area contributed by atoms with E-state index in [4.69, 9.17) is 0 Å². The van der Waals surface area contributed by atoms with E-state index in [1.165, 1.54) is 45.3 Å². The van der Waals surface area contributed by atoms with Crippen molar-refractivity contribution in [3.63, 3.8) is 0 Å². The Balaban J connectivity index is 2.20. The third-order valence-corrected chi connectivity index (χ3v) is 2.87. The zero-order valence-corrected chi connectivity index (χ0v) is 10.1. The van der Waals surface area contributed by atoms with Gasteiger partial charge in [0.2, 0.25) is 0 Å². The van der Waals surface area contributed by atoms with Crippen molar-refractivity contribution in [3.8, 4) is 0 Å². The average molecular weight is 198 g/mol. The van der Waals surface area contributed by atoms with Crippen LogP contribution in [0.4, 0.5) is 0 Å². The van der Waals surface area contributed by atoms with Crippen molar-refractivity contribution in [1.29, 1.82) is 0 Å². The summed E-state index contributed by atoms with van der Waals surface area (Å²) in [6.07, 6.45) is 5.55. The molecule has 2 heteroatoms. The number of hydrogen-bond acceptors (Lipinski definition) is 2. The van der Waals surface area contributed by atoms with Crippen LogP contribution < -0.4 is 5.32 Å². The maximum absolute atomic E-state index is 3.64. The van der Waals surface area contributed by atoms with Crippen LogP contribution in [0.3, 0.4) is 0 Å². The fourth-order valence-electron chi connectivity index (χ4n) is 2.33. The summed E-state index contributed by atoms with van der Waals surface area (Å²) in [5.41, 5.74) is 0. The summed E-state index contributed by atoms with van der Waals surface area (Å²) in [6.45, 7) is 8.24. The Morgan fingerprint density at radius 3 is 2.79 bits per heavy atom. The summed E-state index contributed by atoms with van der Waals surface area (Å²) in [5, 5.41) is 3.64. The van der Waals surface area contributed by atoms with Crippen molar-refractivity contribution in [2.24, 2.45) is 5.92 Å². The van der Waals surface area contributed by atoms with Crippen LogP contribution in [-0.4, -0.2) is 37.6 Å². The van der Waals surface area contributed by atoms with E-state index < -0.39 is 0 Å². The van der Waals surface area contributed by atoms with Crippen molar-refractivity contribution >= 4 is 0 Å². The first-order valence-electron chi connectivity index (χ1n) is 6.10. The standard InChI is InChI=1S/C12H26N2/c1-11(2)9-14(3)10-12-7-5-4-6-8-13-12/h11-13H,4-10H2,1-3H3. The van der Waals surface area contributed by atoms with Crippen LogP contribution >= 0.6 is 0 Å². The number of nitrogens with zero attached hydrogens (tertiary/aromatic N) is 1. The lowest BCUT2D eigenvalue weighted by molar-refractivity contribution is 0.258. The van der Waals surface area contributed by atoms with Crippen molar-refractivity contribution in [2.45, 2.75) is 45.6 Å². The Hall–Kier alpha value is -0.0800. The van der Waals surface area contributed by atoms with E-state index in [1.807, 2.05) is 0 Å². The third-order valence-electron chi connectivity index (χ3n) is 2.87. The first-order valence-corrected chi connectivity index (χ1v) is 6.10. The molecular formula is C12H26N2. The van der Waals surface area contributed by atoms with Crippen LogP contribution in [0.2, 0.25) is 0 Å². The Kier molecular flexibility index (Phi) is 5.49. The van der Waals surface area contributed by atoms with Crippen molar-refractivity contribution in [2.75, 3.05) is 26.7 Å². The molecule has 0 radical (unpaired) electrons. The second-order valence-corrected chi connectivity index (χ2v) is 5.12. The summed E-state index contributed by atoms with van der Waals surface area (Å²) >= 11 is 0. The summed E-state index contributed by atoms with van der Waals surface area (Å²) in [6, 6.07) is 0.737. The van der Waals surface area contributed by atoms with Crippen LogP contribution in [0.5, 0.6) is 0 Å². The van der Waals surface area contributed by atoms with Crippen LogP contribution in [-0.2, 0) is 0 Å². The van der Waals surface area contributed by atoms with Gasteiger partial charge in [-0.1, -0.05) is 26.7 Å². The van der Waals surface area contributed by atoms with Gasteiger partial charge in [-0.3, -0.25) is 0 Å². The molecule has 2 nitrogen and oxygen atoms in total. The topological polar surface area (TPSA) is 15.3 Å². The van der Waals surface area contributed by atoms with Crippen LogP contribution in [0.1, 0.15) is 39.5 Å². The molecule has 0 amide bonds. The summed E-state index contributed by atoms with van der Waals surface area (Å²) < 4.78 is 0. The molecule has 84 valence electrons. The first kappa shape index (κ1) is 12.0. The second-order valence-electron chi connectivity index (χ2n) is 5.12. The highest BCUT2D eigenvalue weighted by Gasteiger charge is 2.13. The fraction of sp³-hybridized carbons (Fsp3) is 1.00. The molecule has 1 N–H and O–H groups in total. The van der Waals surface area contributed by atoms with Gasteiger partial charge < -0.3 is 10.2 Å². The van der Waals surface area contributed by atoms with E-state index in [9.17, 15) is 0 Å². The molecule has 0 saturated carbocycles. The van der Waals surface area contributed by atoms with Gasteiger partial charge in [0.05, 0.1) is 0 Å². The van der Waals surface area contributed by atoms with Crippen molar-refractivity contribution < 1.29 is 0 Å². The van der Waals surface area contributed by atoms with Crippen LogP contribution in [0, 0.1) is 5.92 Å². The fourth-order valence-corrected chi connectivity index (χ4v) is 2.33. The van der Waals surface area contributed by atoms with Gasteiger partial charge in [-0.2, -0.15) is 0 Å². The number of likely N-dealkylation sites (N-methyl/N-ethyl adjacent to an activating group) is 1. The summed E-state index contributed by atoms with van der Waals surface area (Å²) in [4.78, 5) is 2.47. The quantitative estimate of drug-likeness (QED) is 0.744. The van der Waals surface area contributed by atoms with E-state index in [1.54, 1.807) is 0 Å². The van der Waals surface area contributed by atoms with Gasteiger partial charge in [0.15, 0.2) is 0 Å². The van der Waals surface area contributed by atoms with E-state index in [-0.39, 0.29) is 0 Å². The lowest BCUT2D eigenvalue weighted by Gasteiger charge is -2.25. The molecule has 14 heavy (non-hydrogen) atoms. The molecule has 0 aliphatic carbocycles. The van der Waals surface area contributed by atoms with Crippen LogP contribution in [0.15, 0.2) is 0 Å². The van der Waals surface area contributed by atoms with Crippen molar-refractivity contribution in [1.82, 2.24) is 10.2 Å². The molecule has 1 rings (SSSR count). The maximum Gasteiger partial charge on any atom is 0.0194 e. The van der Waals surface area contributed by atoms with Crippen molar-refractivity contribution in [3.05, 3.63) is 0 Å². The van der Waals surface area contributed by atoms with Gasteiger partial charge in [0.25, 0.3) is 0 Å². The van der Waals surface area contributed by atoms with Gasteiger partial charge in [-0.25, -0.2) is 0 Å². The van der Waals surface area contributed by atoms with Gasteiger partial charge in [-0.05, 0) is 32.4 Å². The van der Waals surface area contributed by atoms with Gasteiger partial charge in [0.1, 0.15) is 0 Å². The smallest absolute Gasteiger partial charge is 0.0194 e. The molecule has 1 aliphatic rings. The molecule has 1 heterocycles. The maximum atomic E-state index is 3.64.